The summed E-state index contributed by atoms with van der Waals surface area (Å²) in [6.07, 6.45) is 6.78. The zero-order valence-electron chi connectivity index (χ0n) is 19.4. The van der Waals surface area contributed by atoms with Gasteiger partial charge in [-0.15, -0.1) is 0 Å². The Morgan fingerprint density at radius 1 is 1.08 bits per heavy atom. The number of rotatable bonds is 6. The molecule has 0 atom stereocenters. The van der Waals surface area contributed by atoms with Gasteiger partial charge in [-0.3, -0.25) is 4.98 Å². The van der Waals surface area contributed by atoms with Crippen molar-refractivity contribution in [1.82, 2.24) is 19.6 Å². The summed E-state index contributed by atoms with van der Waals surface area (Å²) >= 11 is 0. The highest BCUT2D eigenvalue weighted by molar-refractivity contribution is 6.00. The smallest absolute Gasteiger partial charge is 0.323 e. The molecule has 0 bridgehead atoms. The minimum atomic E-state index is -0.541. The SMILES string of the molecule is Cc1ccc(F)c(NC(=O)Nc2ccc(-c3c(CNc4cccnc4)cn4ncnc(N)c34)cc2)c1. The van der Waals surface area contributed by atoms with E-state index in [0.717, 1.165) is 27.9 Å². The second kappa shape index (κ2) is 9.71. The zero-order valence-corrected chi connectivity index (χ0v) is 19.4. The van der Waals surface area contributed by atoms with Crippen LogP contribution in [-0.4, -0.2) is 25.6 Å². The van der Waals surface area contributed by atoms with Crippen molar-refractivity contribution in [2.75, 3.05) is 21.7 Å². The molecule has 3 aromatic heterocycles. The van der Waals surface area contributed by atoms with Crippen LogP contribution in [0.5, 0.6) is 0 Å². The first kappa shape index (κ1) is 22.8. The molecule has 5 N–H and O–H groups in total. The molecule has 5 aromatic rings. The van der Waals surface area contributed by atoms with Crippen LogP contribution in [0.4, 0.5) is 32.1 Å². The molecule has 0 unspecified atom stereocenters. The number of halogens is 1. The first-order valence-corrected chi connectivity index (χ1v) is 11.2. The van der Waals surface area contributed by atoms with Gasteiger partial charge in [-0.1, -0.05) is 18.2 Å². The normalized spacial score (nSPS) is 10.8. The van der Waals surface area contributed by atoms with Gasteiger partial charge in [0.15, 0.2) is 5.82 Å². The van der Waals surface area contributed by atoms with Crippen LogP contribution in [0.15, 0.2) is 79.5 Å². The lowest BCUT2D eigenvalue weighted by atomic mass is 10.0. The Bertz CT molecular complexity index is 1530. The van der Waals surface area contributed by atoms with E-state index in [1.165, 1.54) is 12.4 Å². The molecule has 9 nitrogen and oxygen atoms in total. The molecule has 2 amide bonds. The maximum absolute atomic E-state index is 14.0. The highest BCUT2D eigenvalue weighted by Crippen LogP contribution is 2.33. The molecule has 0 aliphatic rings. The van der Waals surface area contributed by atoms with Crippen molar-refractivity contribution in [2.24, 2.45) is 0 Å². The fourth-order valence-corrected chi connectivity index (χ4v) is 3.95. The lowest BCUT2D eigenvalue weighted by Gasteiger charge is -2.11. The van der Waals surface area contributed by atoms with E-state index in [4.69, 9.17) is 5.73 Å². The lowest BCUT2D eigenvalue weighted by Crippen LogP contribution is -2.20. The molecular weight excluding hydrogens is 459 g/mol. The topological polar surface area (TPSA) is 122 Å². The van der Waals surface area contributed by atoms with Gasteiger partial charge >= 0.3 is 6.03 Å². The van der Waals surface area contributed by atoms with Gasteiger partial charge in [0.25, 0.3) is 0 Å². The van der Waals surface area contributed by atoms with Crippen molar-refractivity contribution >= 4 is 34.4 Å². The van der Waals surface area contributed by atoms with Crippen molar-refractivity contribution < 1.29 is 9.18 Å². The minimum absolute atomic E-state index is 0.116. The van der Waals surface area contributed by atoms with Gasteiger partial charge in [0.2, 0.25) is 0 Å². The molecule has 0 radical (unpaired) electrons. The van der Waals surface area contributed by atoms with Crippen LogP contribution in [0.2, 0.25) is 0 Å². The minimum Gasteiger partial charge on any atom is -0.382 e. The monoisotopic (exact) mass is 482 g/mol. The van der Waals surface area contributed by atoms with Crippen LogP contribution in [0.3, 0.4) is 0 Å². The number of aromatic nitrogens is 4. The van der Waals surface area contributed by atoms with Gasteiger partial charge in [-0.05, 0) is 60.0 Å². The van der Waals surface area contributed by atoms with E-state index in [0.29, 0.717) is 23.6 Å². The standard InChI is InChI=1S/C26H23FN8O/c1-16-4-9-21(27)22(11-16)34-26(36)33-19-7-5-17(6-8-19)23-18(12-30-20-3-2-10-29-13-20)14-35-24(23)25(28)31-15-32-35/h2-11,13-15,30H,12H2,1H3,(H2,28,31,32)(H2,33,34,36). The Morgan fingerprint density at radius 2 is 1.92 bits per heavy atom. The number of hydrogen-bond acceptors (Lipinski definition) is 6. The molecule has 0 fully saturated rings. The number of anilines is 4. The van der Waals surface area contributed by atoms with E-state index < -0.39 is 11.8 Å². The fraction of sp³-hybridized carbons (Fsp3) is 0.0769. The summed E-state index contributed by atoms with van der Waals surface area (Å²) in [6.45, 7) is 2.33. The molecule has 180 valence electrons. The summed E-state index contributed by atoms with van der Waals surface area (Å²) < 4.78 is 15.7. The first-order chi connectivity index (χ1) is 17.5. The third-order valence-electron chi connectivity index (χ3n) is 5.63. The number of amides is 2. The van der Waals surface area contributed by atoms with Crippen molar-refractivity contribution in [2.45, 2.75) is 13.5 Å². The number of nitrogens with one attached hydrogen (secondary N) is 3. The van der Waals surface area contributed by atoms with Crippen molar-refractivity contribution in [3.63, 3.8) is 0 Å². The third-order valence-corrected chi connectivity index (χ3v) is 5.63. The summed E-state index contributed by atoms with van der Waals surface area (Å²) in [5, 5.41) is 12.9. The van der Waals surface area contributed by atoms with Crippen LogP contribution in [0.25, 0.3) is 16.6 Å². The van der Waals surface area contributed by atoms with Gasteiger partial charge < -0.3 is 21.7 Å². The summed E-state index contributed by atoms with van der Waals surface area (Å²) in [5.41, 5.74) is 12.0. The number of nitrogen functional groups attached to an aromatic ring is 1. The van der Waals surface area contributed by atoms with E-state index in [1.807, 2.05) is 37.4 Å². The van der Waals surface area contributed by atoms with Crippen LogP contribution in [0.1, 0.15) is 11.1 Å². The number of nitrogens with zero attached hydrogens (tertiary/aromatic N) is 4. The molecule has 0 aliphatic heterocycles. The second-order valence-corrected chi connectivity index (χ2v) is 8.20. The largest absolute Gasteiger partial charge is 0.382 e. The number of hydrogen-bond donors (Lipinski definition) is 4. The Balaban J connectivity index is 1.39. The molecule has 5 rings (SSSR count). The average Bonchev–Trinajstić information content (AvgIpc) is 3.26. The number of fused-ring (bicyclic) bond motifs is 1. The highest BCUT2D eigenvalue weighted by atomic mass is 19.1. The molecule has 0 saturated carbocycles. The molecular formula is C26H23FN8O. The summed E-state index contributed by atoms with van der Waals surface area (Å²) in [4.78, 5) is 20.7. The van der Waals surface area contributed by atoms with Crippen molar-refractivity contribution in [1.29, 1.82) is 0 Å². The predicted molar refractivity (Wildman–Crippen MR) is 138 cm³/mol. The number of benzene rings is 2. The van der Waals surface area contributed by atoms with Crippen LogP contribution < -0.4 is 21.7 Å². The van der Waals surface area contributed by atoms with Crippen molar-refractivity contribution in [3.05, 3.63) is 96.5 Å². The van der Waals surface area contributed by atoms with E-state index in [1.54, 1.807) is 41.2 Å². The zero-order chi connectivity index (χ0) is 25.1. The van der Waals surface area contributed by atoms with Crippen LogP contribution in [0, 0.1) is 12.7 Å². The molecule has 36 heavy (non-hydrogen) atoms. The summed E-state index contributed by atoms with van der Waals surface area (Å²) in [7, 11) is 0. The number of nitrogens with two attached hydrogens (primary N) is 1. The molecule has 0 spiro atoms. The van der Waals surface area contributed by atoms with E-state index in [9.17, 15) is 9.18 Å². The lowest BCUT2D eigenvalue weighted by molar-refractivity contribution is 0.262. The Hall–Kier alpha value is -4.99. The Labute approximate surface area is 206 Å². The number of urea groups is 1. The van der Waals surface area contributed by atoms with Crippen LogP contribution >= 0.6 is 0 Å². The fourth-order valence-electron chi connectivity index (χ4n) is 3.95. The molecule has 3 heterocycles. The van der Waals surface area contributed by atoms with Crippen LogP contribution in [-0.2, 0) is 6.54 Å². The number of carbonyl (C=O) groups is 1. The van der Waals surface area contributed by atoms with Gasteiger partial charge in [0.05, 0.1) is 11.4 Å². The van der Waals surface area contributed by atoms with Gasteiger partial charge in [0.1, 0.15) is 17.7 Å². The van der Waals surface area contributed by atoms with Gasteiger partial charge in [-0.2, -0.15) is 5.10 Å². The maximum atomic E-state index is 14.0. The van der Waals surface area contributed by atoms with E-state index in [2.05, 4.69) is 31.0 Å². The predicted octanol–water partition coefficient (Wildman–Crippen LogP) is 5.08. The van der Waals surface area contributed by atoms with E-state index >= 15 is 0 Å². The number of pyridine rings is 1. The molecule has 0 aliphatic carbocycles. The summed E-state index contributed by atoms with van der Waals surface area (Å²) in [6, 6.07) is 15.1. The quantitative estimate of drug-likeness (QED) is 0.268. The van der Waals surface area contributed by atoms with E-state index in [-0.39, 0.29) is 5.69 Å². The number of aryl methyl sites for hydroxylation is 1. The maximum Gasteiger partial charge on any atom is 0.323 e. The highest BCUT2D eigenvalue weighted by Gasteiger charge is 2.17. The molecule has 0 saturated heterocycles. The average molecular weight is 483 g/mol. The first-order valence-electron chi connectivity index (χ1n) is 11.2. The second-order valence-electron chi connectivity index (χ2n) is 8.20. The molecule has 2 aromatic carbocycles. The number of carbonyl (C=O) groups excluding carboxylic acids is 1. The Morgan fingerprint density at radius 3 is 2.69 bits per heavy atom. The van der Waals surface area contributed by atoms with Gasteiger partial charge in [-0.25, -0.2) is 18.7 Å². The van der Waals surface area contributed by atoms with Crippen molar-refractivity contribution in [3.8, 4) is 11.1 Å². The Kier molecular flexibility index (Phi) is 6.14. The third kappa shape index (κ3) is 4.78. The summed E-state index contributed by atoms with van der Waals surface area (Å²) in [5.74, 6) is -0.145. The van der Waals surface area contributed by atoms with Gasteiger partial charge in [0, 0.05) is 36.4 Å². The molecule has 10 heteroatoms.